The Kier molecular flexibility index (Phi) is 12.5. The summed E-state index contributed by atoms with van der Waals surface area (Å²) in [5.41, 5.74) is 2.44. The second-order valence-corrected chi connectivity index (χ2v) is 13.9. The van der Waals surface area contributed by atoms with E-state index in [4.69, 9.17) is 32.7 Å². The van der Waals surface area contributed by atoms with E-state index in [-0.39, 0.29) is 35.8 Å². The molecule has 0 saturated heterocycles. The monoisotopic (exact) mass is 749 g/mol. The average Bonchev–Trinajstić information content (AvgIpc) is 3.13. The third-order valence-electron chi connectivity index (χ3n) is 7.84. The van der Waals surface area contributed by atoms with Crippen LogP contribution >= 0.6 is 23.2 Å². The van der Waals surface area contributed by atoms with E-state index in [1.165, 1.54) is 41.3 Å². The Labute approximate surface area is 306 Å². The molecule has 0 radical (unpaired) electrons. The number of benzene rings is 5. The van der Waals surface area contributed by atoms with Crippen LogP contribution < -0.4 is 19.5 Å². The molecule has 5 aromatic rings. The van der Waals surface area contributed by atoms with Gasteiger partial charge in [0.1, 0.15) is 23.4 Å². The first-order chi connectivity index (χ1) is 24.5. The van der Waals surface area contributed by atoms with Gasteiger partial charge in [0.2, 0.25) is 5.91 Å². The van der Waals surface area contributed by atoms with Gasteiger partial charge in [-0.05, 0) is 89.5 Å². The molecule has 0 fully saturated rings. The van der Waals surface area contributed by atoms with Gasteiger partial charge in [-0.2, -0.15) is 0 Å². The van der Waals surface area contributed by atoms with E-state index in [0.29, 0.717) is 21.4 Å². The SMILES string of the molecule is COc1ccc(CN(C(=O)COc2ccc(S(=O)(=O)Nc3ccc(F)cc3)cc2)C(Cc2ccccc2)C(=O)NCc2ccc(Cl)cc2Cl)cc1. The molecule has 0 aliphatic rings. The second-order valence-electron chi connectivity index (χ2n) is 11.4. The fourth-order valence-corrected chi connectivity index (χ4v) is 6.66. The second kappa shape index (κ2) is 17.2. The maximum absolute atomic E-state index is 14.0. The number of hydrogen-bond donors (Lipinski definition) is 2. The van der Waals surface area contributed by atoms with Gasteiger partial charge in [-0.1, -0.05) is 71.7 Å². The van der Waals surface area contributed by atoms with Crippen LogP contribution in [0.15, 0.2) is 126 Å². The van der Waals surface area contributed by atoms with Crippen molar-refractivity contribution in [3.8, 4) is 11.5 Å². The first-order valence-corrected chi connectivity index (χ1v) is 17.9. The minimum absolute atomic E-state index is 0.0629. The molecule has 0 aromatic heterocycles. The number of amides is 2. The molecule has 13 heteroatoms. The average molecular weight is 751 g/mol. The van der Waals surface area contributed by atoms with Crippen molar-refractivity contribution in [3.05, 3.63) is 154 Å². The lowest BCUT2D eigenvalue weighted by Gasteiger charge is -2.31. The van der Waals surface area contributed by atoms with Gasteiger partial charge in [0.25, 0.3) is 15.9 Å². The highest BCUT2D eigenvalue weighted by molar-refractivity contribution is 7.92. The standard InChI is InChI=1S/C38H34Cl2FN3O6S/c1-49-32-15-7-27(8-16-32)24-44(36(21-26-5-3-2-4-6-26)38(46)42-23-28-9-10-29(39)22-35(28)40)37(45)25-50-33-17-19-34(20-18-33)51(47,48)43-31-13-11-30(41)12-14-31/h2-20,22,36,43H,21,23-25H2,1H3,(H,42,46). The van der Waals surface area contributed by atoms with Gasteiger partial charge in [0, 0.05) is 35.2 Å². The van der Waals surface area contributed by atoms with Crippen LogP contribution in [-0.4, -0.2) is 44.9 Å². The summed E-state index contributed by atoms with van der Waals surface area (Å²) >= 11 is 12.4. The number of carbonyl (C=O) groups is 2. The number of nitrogens with one attached hydrogen (secondary N) is 2. The van der Waals surface area contributed by atoms with Gasteiger partial charge >= 0.3 is 0 Å². The Morgan fingerprint density at radius 1 is 0.824 bits per heavy atom. The number of methoxy groups -OCH3 is 1. The molecule has 1 atom stereocenters. The molecule has 1 unspecified atom stereocenters. The fraction of sp³-hybridized carbons (Fsp3) is 0.158. The Bertz CT molecular complexity index is 2050. The van der Waals surface area contributed by atoms with E-state index >= 15 is 0 Å². The number of nitrogens with zero attached hydrogens (tertiary/aromatic N) is 1. The van der Waals surface area contributed by atoms with E-state index < -0.39 is 40.3 Å². The van der Waals surface area contributed by atoms with Crippen LogP contribution in [0.3, 0.4) is 0 Å². The molecule has 0 aliphatic carbocycles. The molecule has 51 heavy (non-hydrogen) atoms. The number of hydrogen-bond acceptors (Lipinski definition) is 6. The van der Waals surface area contributed by atoms with Gasteiger partial charge in [-0.15, -0.1) is 0 Å². The molecule has 5 aromatic carbocycles. The van der Waals surface area contributed by atoms with Crippen LogP contribution in [0, 0.1) is 5.82 Å². The van der Waals surface area contributed by atoms with Gasteiger partial charge in [0.15, 0.2) is 6.61 Å². The zero-order valence-electron chi connectivity index (χ0n) is 27.4. The van der Waals surface area contributed by atoms with Crippen molar-refractivity contribution in [2.24, 2.45) is 0 Å². The largest absolute Gasteiger partial charge is 0.497 e. The zero-order chi connectivity index (χ0) is 36.4. The van der Waals surface area contributed by atoms with E-state index in [0.717, 1.165) is 23.3 Å². The number of halogens is 3. The van der Waals surface area contributed by atoms with E-state index in [1.54, 1.807) is 37.4 Å². The normalized spacial score (nSPS) is 11.7. The maximum Gasteiger partial charge on any atom is 0.261 e. The van der Waals surface area contributed by atoms with Crippen molar-refractivity contribution in [2.75, 3.05) is 18.4 Å². The van der Waals surface area contributed by atoms with Crippen LogP contribution in [0.2, 0.25) is 10.0 Å². The molecule has 0 heterocycles. The molecule has 9 nitrogen and oxygen atoms in total. The van der Waals surface area contributed by atoms with E-state index in [9.17, 15) is 22.4 Å². The highest BCUT2D eigenvalue weighted by Gasteiger charge is 2.31. The van der Waals surface area contributed by atoms with E-state index in [2.05, 4.69) is 10.0 Å². The molecular formula is C38H34Cl2FN3O6S. The summed E-state index contributed by atoms with van der Waals surface area (Å²) in [6, 6.07) is 30.9. The number of ether oxygens (including phenoxy) is 2. The van der Waals surface area contributed by atoms with Crippen molar-refractivity contribution in [2.45, 2.75) is 30.4 Å². The molecule has 0 bridgehead atoms. The predicted molar refractivity (Wildman–Crippen MR) is 195 cm³/mol. The topological polar surface area (TPSA) is 114 Å². The van der Waals surface area contributed by atoms with Crippen molar-refractivity contribution < 1.29 is 31.9 Å². The molecule has 5 rings (SSSR count). The van der Waals surface area contributed by atoms with Crippen LogP contribution in [0.25, 0.3) is 0 Å². The summed E-state index contributed by atoms with van der Waals surface area (Å²) in [6.07, 6.45) is 0.205. The smallest absolute Gasteiger partial charge is 0.261 e. The quantitative estimate of drug-likeness (QED) is 0.116. The molecule has 0 spiro atoms. The molecule has 0 saturated carbocycles. The lowest BCUT2D eigenvalue weighted by Crippen LogP contribution is -2.51. The molecular weight excluding hydrogens is 716 g/mol. The molecule has 2 N–H and O–H groups in total. The van der Waals surface area contributed by atoms with Gasteiger partial charge in [-0.3, -0.25) is 14.3 Å². The Morgan fingerprint density at radius 2 is 1.49 bits per heavy atom. The summed E-state index contributed by atoms with van der Waals surface area (Å²) in [5.74, 6) is -0.519. The summed E-state index contributed by atoms with van der Waals surface area (Å²) in [6.45, 7) is -0.269. The Hall–Kier alpha value is -5.10. The molecule has 2 amide bonds. The number of anilines is 1. The third kappa shape index (κ3) is 10.5. The molecule has 0 aliphatic heterocycles. The predicted octanol–water partition coefficient (Wildman–Crippen LogP) is 7.28. The number of rotatable bonds is 15. The van der Waals surface area contributed by atoms with Crippen LogP contribution in [0.4, 0.5) is 10.1 Å². The van der Waals surface area contributed by atoms with Crippen LogP contribution in [-0.2, 0) is 39.1 Å². The summed E-state index contributed by atoms with van der Waals surface area (Å²) in [7, 11) is -2.42. The molecule has 264 valence electrons. The van der Waals surface area contributed by atoms with Gasteiger partial charge in [-0.25, -0.2) is 12.8 Å². The van der Waals surface area contributed by atoms with Gasteiger partial charge in [0.05, 0.1) is 12.0 Å². The fourth-order valence-electron chi connectivity index (χ4n) is 5.12. The van der Waals surface area contributed by atoms with Gasteiger partial charge < -0.3 is 19.7 Å². The summed E-state index contributed by atoms with van der Waals surface area (Å²) in [4.78, 5) is 29.4. The number of carbonyl (C=O) groups excluding carboxylic acids is 2. The highest BCUT2D eigenvalue weighted by Crippen LogP contribution is 2.23. The minimum atomic E-state index is -3.98. The van der Waals surface area contributed by atoms with Crippen molar-refractivity contribution in [1.82, 2.24) is 10.2 Å². The third-order valence-corrected chi connectivity index (χ3v) is 9.83. The zero-order valence-corrected chi connectivity index (χ0v) is 29.7. The Morgan fingerprint density at radius 3 is 2.14 bits per heavy atom. The highest BCUT2D eigenvalue weighted by atomic mass is 35.5. The van der Waals surface area contributed by atoms with Crippen LogP contribution in [0.1, 0.15) is 16.7 Å². The number of sulfonamides is 1. The van der Waals surface area contributed by atoms with Crippen molar-refractivity contribution in [1.29, 1.82) is 0 Å². The first kappa shape index (κ1) is 37.2. The maximum atomic E-state index is 14.0. The van der Waals surface area contributed by atoms with E-state index in [1.807, 2.05) is 42.5 Å². The lowest BCUT2D eigenvalue weighted by atomic mass is 10.0. The summed E-state index contributed by atoms with van der Waals surface area (Å²) in [5, 5.41) is 3.79. The van der Waals surface area contributed by atoms with Crippen molar-refractivity contribution in [3.63, 3.8) is 0 Å². The minimum Gasteiger partial charge on any atom is -0.497 e. The van der Waals surface area contributed by atoms with Crippen molar-refractivity contribution >= 4 is 50.7 Å². The Balaban J connectivity index is 1.36. The lowest BCUT2D eigenvalue weighted by molar-refractivity contribution is -0.142. The summed E-state index contributed by atoms with van der Waals surface area (Å²) < 4.78 is 52.5. The first-order valence-electron chi connectivity index (χ1n) is 15.7. The van der Waals surface area contributed by atoms with Crippen LogP contribution in [0.5, 0.6) is 11.5 Å².